The second kappa shape index (κ2) is 7.49. The standard InChI is InChI=1S/C20H22N2O6S/c1-13-2-4-14(5-3-13)15-6-8-16(9-7-15)29(27,28)17-10-11-22(19(21)25)12-20(17,26)18(23)24/h2-9,17,26H,10-12H2,1H3,(H2,21,25)(H,23,24). The van der Waals surface area contributed by atoms with E-state index in [2.05, 4.69) is 0 Å². The van der Waals surface area contributed by atoms with Crippen LogP contribution in [-0.4, -0.2) is 59.5 Å². The monoisotopic (exact) mass is 418 g/mol. The number of aryl methyl sites for hydroxylation is 1. The van der Waals surface area contributed by atoms with Crippen LogP contribution in [-0.2, 0) is 14.6 Å². The Labute approximate surface area is 168 Å². The lowest BCUT2D eigenvalue weighted by atomic mass is 9.92. The zero-order valence-corrected chi connectivity index (χ0v) is 16.6. The van der Waals surface area contributed by atoms with Crippen molar-refractivity contribution >= 4 is 21.8 Å². The summed E-state index contributed by atoms with van der Waals surface area (Å²) in [5.74, 6) is -1.71. The minimum absolute atomic E-state index is 0.0593. The Hall–Kier alpha value is -2.91. The van der Waals surface area contributed by atoms with E-state index in [1.807, 2.05) is 31.2 Å². The number of β-amino-alcohol motifs (C(OH)–C–C–N with tert-alkyl or cyclic N) is 1. The van der Waals surface area contributed by atoms with Crippen LogP contribution in [0.4, 0.5) is 4.79 Å². The third-order valence-corrected chi connectivity index (χ3v) is 7.55. The number of carboxylic acids is 1. The number of aliphatic carboxylic acids is 1. The molecule has 0 aromatic heterocycles. The average Bonchev–Trinajstić information content (AvgIpc) is 2.68. The lowest BCUT2D eigenvalue weighted by Crippen LogP contribution is -2.65. The molecule has 1 aliphatic rings. The van der Waals surface area contributed by atoms with Crippen LogP contribution in [0.5, 0.6) is 0 Å². The van der Waals surface area contributed by atoms with Gasteiger partial charge in [-0.1, -0.05) is 42.0 Å². The topological polar surface area (TPSA) is 138 Å². The van der Waals surface area contributed by atoms with E-state index in [1.54, 1.807) is 12.1 Å². The number of piperidine rings is 1. The Balaban J connectivity index is 1.94. The van der Waals surface area contributed by atoms with E-state index >= 15 is 0 Å². The number of urea groups is 1. The van der Waals surface area contributed by atoms with E-state index in [4.69, 9.17) is 5.73 Å². The SMILES string of the molecule is Cc1ccc(-c2ccc(S(=O)(=O)C3CCN(C(N)=O)CC3(O)C(=O)O)cc2)cc1. The van der Waals surface area contributed by atoms with Gasteiger partial charge in [-0.05, 0) is 36.6 Å². The molecule has 9 heteroatoms. The predicted molar refractivity (Wildman–Crippen MR) is 106 cm³/mol. The molecule has 8 nitrogen and oxygen atoms in total. The van der Waals surface area contributed by atoms with Crippen LogP contribution >= 0.6 is 0 Å². The number of sulfone groups is 1. The number of rotatable bonds is 4. The fourth-order valence-corrected chi connectivity index (χ4v) is 5.48. The van der Waals surface area contributed by atoms with Crippen molar-refractivity contribution in [3.05, 3.63) is 54.1 Å². The third-order valence-electron chi connectivity index (χ3n) is 5.25. The number of carboxylic acid groups (broad SMARTS) is 1. The van der Waals surface area contributed by atoms with Crippen LogP contribution in [0.2, 0.25) is 0 Å². The number of primary amides is 1. The molecule has 154 valence electrons. The number of amides is 2. The van der Waals surface area contributed by atoms with E-state index in [0.717, 1.165) is 21.6 Å². The first-order chi connectivity index (χ1) is 13.6. The van der Waals surface area contributed by atoms with Crippen LogP contribution in [0.3, 0.4) is 0 Å². The minimum Gasteiger partial charge on any atom is -0.479 e. The van der Waals surface area contributed by atoms with Crippen molar-refractivity contribution in [3.8, 4) is 11.1 Å². The van der Waals surface area contributed by atoms with E-state index in [9.17, 15) is 28.2 Å². The summed E-state index contributed by atoms with van der Waals surface area (Å²) >= 11 is 0. The number of carbonyl (C=O) groups is 2. The smallest absolute Gasteiger partial charge is 0.338 e. The highest BCUT2D eigenvalue weighted by atomic mass is 32.2. The summed E-state index contributed by atoms with van der Waals surface area (Å²) in [6.07, 6.45) is -0.242. The first-order valence-corrected chi connectivity index (χ1v) is 10.5. The van der Waals surface area contributed by atoms with Gasteiger partial charge >= 0.3 is 12.0 Å². The molecule has 2 atom stereocenters. The van der Waals surface area contributed by atoms with Gasteiger partial charge in [0.2, 0.25) is 0 Å². The third kappa shape index (κ3) is 3.83. The molecule has 1 heterocycles. The van der Waals surface area contributed by atoms with Crippen LogP contribution in [0.1, 0.15) is 12.0 Å². The predicted octanol–water partition coefficient (Wildman–Crippen LogP) is 1.40. The molecule has 1 aliphatic heterocycles. The summed E-state index contributed by atoms with van der Waals surface area (Å²) in [5, 5.41) is 18.6. The summed E-state index contributed by atoms with van der Waals surface area (Å²) in [4.78, 5) is 23.9. The van der Waals surface area contributed by atoms with Gasteiger partial charge in [-0.2, -0.15) is 0 Å². The Morgan fingerprint density at radius 1 is 1.07 bits per heavy atom. The molecule has 29 heavy (non-hydrogen) atoms. The van der Waals surface area contributed by atoms with Crippen molar-refractivity contribution < 1.29 is 28.2 Å². The van der Waals surface area contributed by atoms with E-state index in [0.29, 0.717) is 0 Å². The molecule has 3 rings (SSSR count). The molecule has 0 saturated carbocycles. The van der Waals surface area contributed by atoms with E-state index in [-0.39, 0.29) is 17.9 Å². The summed E-state index contributed by atoms with van der Waals surface area (Å²) in [6, 6.07) is 12.9. The number of nitrogens with zero attached hydrogens (tertiary/aromatic N) is 1. The van der Waals surface area contributed by atoms with Crippen LogP contribution in [0.15, 0.2) is 53.4 Å². The molecule has 1 saturated heterocycles. The minimum atomic E-state index is -4.18. The fraction of sp³-hybridized carbons (Fsp3) is 0.300. The Morgan fingerprint density at radius 2 is 1.59 bits per heavy atom. The summed E-state index contributed by atoms with van der Waals surface area (Å²) in [7, 11) is -4.18. The largest absolute Gasteiger partial charge is 0.479 e. The first kappa shape index (κ1) is 20.8. The molecule has 0 spiro atoms. The highest BCUT2D eigenvalue weighted by molar-refractivity contribution is 7.92. The van der Waals surface area contributed by atoms with Crippen molar-refractivity contribution in [3.63, 3.8) is 0 Å². The number of aliphatic hydroxyl groups is 1. The van der Waals surface area contributed by atoms with Gasteiger partial charge < -0.3 is 20.8 Å². The average molecular weight is 418 g/mol. The van der Waals surface area contributed by atoms with Gasteiger partial charge in [0.15, 0.2) is 15.4 Å². The van der Waals surface area contributed by atoms with Gasteiger partial charge in [-0.15, -0.1) is 0 Å². The van der Waals surface area contributed by atoms with Crippen LogP contribution in [0.25, 0.3) is 11.1 Å². The number of carbonyl (C=O) groups excluding carboxylic acids is 1. The summed E-state index contributed by atoms with van der Waals surface area (Å²) < 4.78 is 26.2. The van der Waals surface area contributed by atoms with Crippen molar-refractivity contribution in [2.75, 3.05) is 13.1 Å². The summed E-state index contributed by atoms with van der Waals surface area (Å²) in [6.45, 7) is 1.21. The quantitative estimate of drug-likeness (QED) is 0.686. The highest BCUT2D eigenvalue weighted by Gasteiger charge is 2.55. The molecule has 2 aromatic carbocycles. The highest BCUT2D eigenvalue weighted by Crippen LogP contribution is 2.33. The molecule has 2 aromatic rings. The Morgan fingerprint density at radius 3 is 2.07 bits per heavy atom. The van der Waals surface area contributed by atoms with E-state index in [1.165, 1.54) is 12.1 Å². The molecule has 0 aliphatic carbocycles. The number of hydrogen-bond donors (Lipinski definition) is 3. The normalized spacial score (nSPS) is 22.3. The van der Waals surface area contributed by atoms with Gasteiger partial charge in [-0.25, -0.2) is 18.0 Å². The molecule has 2 amide bonds. The fourth-order valence-electron chi connectivity index (χ4n) is 3.54. The van der Waals surface area contributed by atoms with Crippen molar-refractivity contribution in [1.29, 1.82) is 0 Å². The van der Waals surface area contributed by atoms with Gasteiger partial charge in [-0.3, -0.25) is 0 Å². The number of likely N-dealkylation sites (tertiary alicyclic amines) is 1. The number of benzene rings is 2. The van der Waals surface area contributed by atoms with Crippen LogP contribution in [0, 0.1) is 6.92 Å². The molecule has 2 unspecified atom stereocenters. The second-order valence-corrected chi connectivity index (χ2v) is 9.33. The Bertz CT molecular complexity index is 1030. The maximum absolute atomic E-state index is 13.1. The van der Waals surface area contributed by atoms with Gasteiger partial charge in [0, 0.05) is 6.54 Å². The maximum Gasteiger partial charge on any atom is 0.338 e. The van der Waals surface area contributed by atoms with Crippen molar-refractivity contribution in [2.45, 2.75) is 29.1 Å². The lowest BCUT2D eigenvalue weighted by Gasteiger charge is -2.40. The zero-order valence-electron chi connectivity index (χ0n) is 15.8. The molecule has 0 radical (unpaired) electrons. The summed E-state index contributed by atoms with van der Waals surface area (Å²) in [5.41, 5.74) is 5.34. The molecular formula is C20H22N2O6S. The van der Waals surface area contributed by atoms with Gasteiger partial charge in [0.1, 0.15) is 5.25 Å². The van der Waals surface area contributed by atoms with Crippen LogP contribution < -0.4 is 5.73 Å². The molecule has 0 bridgehead atoms. The van der Waals surface area contributed by atoms with E-state index < -0.39 is 39.2 Å². The lowest BCUT2D eigenvalue weighted by molar-refractivity contribution is -0.162. The zero-order chi connectivity index (χ0) is 21.4. The molecular weight excluding hydrogens is 396 g/mol. The maximum atomic E-state index is 13.1. The molecule has 4 N–H and O–H groups in total. The first-order valence-electron chi connectivity index (χ1n) is 8.97. The second-order valence-electron chi connectivity index (χ2n) is 7.20. The number of nitrogens with two attached hydrogens (primary N) is 1. The van der Waals surface area contributed by atoms with Crippen molar-refractivity contribution in [1.82, 2.24) is 4.90 Å². The molecule has 1 fully saturated rings. The van der Waals surface area contributed by atoms with Gasteiger partial charge in [0.05, 0.1) is 11.4 Å². The van der Waals surface area contributed by atoms with Gasteiger partial charge in [0.25, 0.3) is 0 Å². The number of hydrogen-bond acceptors (Lipinski definition) is 5. The Kier molecular flexibility index (Phi) is 5.38. The van der Waals surface area contributed by atoms with Crippen molar-refractivity contribution in [2.24, 2.45) is 5.73 Å².